The topological polar surface area (TPSA) is 24.9 Å². The van der Waals surface area contributed by atoms with Gasteiger partial charge in [-0.2, -0.15) is 0 Å². The fourth-order valence-electron chi connectivity index (χ4n) is 1.23. The molecule has 0 aromatic carbocycles. The summed E-state index contributed by atoms with van der Waals surface area (Å²) in [5.41, 5.74) is 1.25. The first-order valence-corrected chi connectivity index (χ1v) is 7.22. The summed E-state index contributed by atoms with van der Waals surface area (Å²) in [7, 11) is 0. The Morgan fingerprint density at radius 2 is 1.88 bits per heavy atom. The summed E-state index contributed by atoms with van der Waals surface area (Å²) in [6, 6.07) is 4.81. The number of nitrogens with one attached hydrogen (secondary N) is 1. The van der Waals surface area contributed by atoms with E-state index in [1.54, 1.807) is 0 Å². The number of pyridine rings is 1. The van der Waals surface area contributed by atoms with Crippen molar-refractivity contribution >= 4 is 11.8 Å². The van der Waals surface area contributed by atoms with Gasteiger partial charge in [0, 0.05) is 24.0 Å². The zero-order chi connectivity index (χ0) is 12.8. The fraction of sp³-hybridized carbons (Fsp3) is 0.643. The molecule has 1 unspecified atom stereocenters. The SMILES string of the molecule is CC(C)NCc1ccc(SC(C)C(C)C)nc1. The van der Waals surface area contributed by atoms with Gasteiger partial charge in [-0.1, -0.05) is 40.7 Å². The Morgan fingerprint density at radius 1 is 1.18 bits per heavy atom. The van der Waals surface area contributed by atoms with Crippen LogP contribution in [0.2, 0.25) is 0 Å². The average Bonchev–Trinajstić information content (AvgIpc) is 2.28. The highest BCUT2D eigenvalue weighted by Crippen LogP contribution is 2.25. The summed E-state index contributed by atoms with van der Waals surface area (Å²) in [5, 5.41) is 5.13. The molecule has 0 aliphatic heterocycles. The number of aromatic nitrogens is 1. The Balaban J connectivity index is 2.50. The Kier molecular flexibility index (Phi) is 6.00. The van der Waals surface area contributed by atoms with E-state index in [-0.39, 0.29) is 0 Å². The van der Waals surface area contributed by atoms with E-state index >= 15 is 0 Å². The molecular weight excluding hydrogens is 228 g/mol. The van der Waals surface area contributed by atoms with Crippen LogP contribution in [-0.4, -0.2) is 16.3 Å². The fourth-order valence-corrected chi connectivity index (χ4v) is 2.15. The summed E-state index contributed by atoms with van der Waals surface area (Å²) in [5.74, 6) is 0.684. The molecule has 0 spiro atoms. The Hall–Kier alpha value is -0.540. The zero-order valence-corrected chi connectivity index (χ0v) is 12.3. The van der Waals surface area contributed by atoms with E-state index in [1.165, 1.54) is 5.56 Å². The predicted octanol–water partition coefficient (Wildman–Crippen LogP) is 3.72. The standard InChI is InChI=1S/C14H24N2S/c1-10(2)12(5)17-14-7-6-13(9-16-14)8-15-11(3)4/h6-7,9-12,15H,8H2,1-5H3. The third-order valence-electron chi connectivity index (χ3n) is 2.76. The minimum Gasteiger partial charge on any atom is -0.310 e. The van der Waals surface area contributed by atoms with Gasteiger partial charge in [0.15, 0.2) is 0 Å². The van der Waals surface area contributed by atoms with Crippen molar-refractivity contribution in [1.82, 2.24) is 10.3 Å². The molecule has 0 saturated carbocycles. The van der Waals surface area contributed by atoms with Crippen LogP contribution in [0.5, 0.6) is 0 Å². The molecule has 0 saturated heterocycles. The van der Waals surface area contributed by atoms with Crippen molar-refractivity contribution < 1.29 is 0 Å². The minimum atomic E-state index is 0.519. The van der Waals surface area contributed by atoms with Crippen LogP contribution in [0.3, 0.4) is 0 Å². The monoisotopic (exact) mass is 252 g/mol. The Labute approximate surface area is 110 Å². The van der Waals surface area contributed by atoms with Crippen molar-refractivity contribution in [3.8, 4) is 0 Å². The molecule has 0 aliphatic rings. The largest absolute Gasteiger partial charge is 0.310 e. The van der Waals surface area contributed by atoms with Crippen LogP contribution in [-0.2, 0) is 6.54 Å². The van der Waals surface area contributed by atoms with Crippen molar-refractivity contribution in [1.29, 1.82) is 0 Å². The minimum absolute atomic E-state index is 0.519. The lowest BCUT2D eigenvalue weighted by Crippen LogP contribution is -2.21. The summed E-state index contributed by atoms with van der Waals surface area (Å²) in [4.78, 5) is 4.50. The molecule has 1 aromatic heterocycles. The molecule has 0 bridgehead atoms. The van der Waals surface area contributed by atoms with Crippen LogP contribution < -0.4 is 5.32 Å². The number of rotatable bonds is 6. The lowest BCUT2D eigenvalue weighted by atomic mass is 10.2. The van der Waals surface area contributed by atoms with Gasteiger partial charge in [-0.25, -0.2) is 4.98 Å². The van der Waals surface area contributed by atoms with Crippen molar-refractivity contribution in [2.75, 3.05) is 0 Å². The maximum Gasteiger partial charge on any atom is 0.0962 e. The van der Waals surface area contributed by atoms with Crippen molar-refractivity contribution in [2.24, 2.45) is 5.92 Å². The number of thioether (sulfide) groups is 1. The average molecular weight is 252 g/mol. The number of hydrogen-bond acceptors (Lipinski definition) is 3. The highest BCUT2D eigenvalue weighted by Gasteiger charge is 2.09. The molecule has 2 nitrogen and oxygen atoms in total. The van der Waals surface area contributed by atoms with E-state index < -0.39 is 0 Å². The summed E-state index contributed by atoms with van der Waals surface area (Å²) < 4.78 is 0. The van der Waals surface area contributed by atoms with Crippen LogP contribution >= 0.6 is 11.8 Å². The quantitative estimate of drug-likeness (QED) is 0.781. The van der Waals surface area contributed by atoms with Crippen molar-refractivity contribution in [3.63, 3.8) is 0 Å². The molecule has 1 rings (SSSR count). The third-order valence-corrected chi connectivity index (χ3v) is 4.16. The van der Waals surface area contributed by atoms with Gasteiger partial charge in [0.1, 0.15) is 0 Å². The van der Waals surface area contributed by atoms with Crippen LogP contribution in [0.1, 0.15) is 40.2 Å². The Morgan fingerprint density at radius 3 is 2.35 bits per heavy atom. The summed E-state index contributed by atoms with van der Waals surface area (Å²) in [6.07, 6.45) is 1.98. The molecule has 96 valence electrons. The third kappa shape index (κ3) is 5.55. The predicted molar refractivity (Wildman–Crippen MR) is 76.4 cm³/mol. The normalized spacial score (nSPS) is 13.4. The lowest BCUT2D eigenvalue weighted by Gasteiger charge is -2.14. The smallest absolute Gasteiger partial charge is 0.0962 e. The first kappa shape index (κ1) is 14.5. The van der Waals surface area contributed by atoms with Gasteiger partial charge in [0.05, 0.1) is 5.03 Å². The first-order valence-electron chi connectivity index (χ1n) is 6.34. The lowest BCUT2D eigenvalue weighted by molar-refractivity contribution is 0.587. The molecule has 1 atom stereocenters. The van der Waals surface area contributed by atoms with Crippen LogP contribution in [0, 0.1) is 5.92 Å². The van der Waals surface area contributed by atoms with Gasteiger partial charge < -0.3 is 5.32 Å². The highest BCUT2D eigenvalue weighted by molar-refractivity contribution is 7.99. The van der Waals surface area contributed by atoms with E-state index in [9.17, 15) is 0 Å². The molecule has 1 aromatic rings. The van der Waals surface area contributed by atoms with Gasteiger partial charge >= 0.3 is 0 Å². The van der Waals surface area contributed by atoms with E-state index in [0.29, 0.717) is 17.2 Å². The van der Waals surface area contributed by atoms with Gasteiger partial charge in [-0.05, 0) is 17.5 Å². The highest BCUT2D eigenvalue weighted by atomic mass is 32.2. The zero-order valence-electron chi connectivity index (χ0n) is 11.5. The van der Waals surface area contributed by atoms with E-state index in [0.717, 1.165) is 11.6 Å². The molecule has 0 fully saturated rings. The van der Waals surface area contributed by atoms with Gasteiger partial charge in [0.25, 0.3) is 0 Å². The molecule has 3 heteroatoms. The second-order valence-electron chi connectivity index (χ2n) is 5.11. The molecular formula is C14H24N2S. The van der Waals surface area contributed by atoms with Crippen LogP contribution in [0.15, 0.2) is 23.4 Å². The van der Waals surface area contributed by atoms with Crippen LogP contribution in [0.4, 0.5) is 0 Å². The number of hydrogen-bond donors (Lipinski definition) is 1. The molecule has 0 aliphatic carbocycles. The second kappa shape index (κ2) is 7.02. The van der Waals surface area contributed by atoms with Gasteiger partial charge in [-0.15, -0.1) is 11.8 Å². The van der Waals surface area contributed by atoms with Crippen molar-refractivity contribution in [2.45, 2.75) is 57.5 Å². The van der Waals surface area contributed by atoms with E-state index in [2.05, 4.69) is 57.1 Å². The molecule has 1 N–H and O–H groups in total. The van der Waals surface area contributed by atoms with Crippen LogP contribution in [0.25, 0.3) is 0 Å². The molecule has 0 amide bonds. The van der Waals surface area contributed by atoms with Gasteiger partial charge in [0.2, 0.25) is 0 Å². The molecule has 17 heavy (non-hydrogen) atoms. The van der Waals surface area contributed by atoms with E-state index in [1.807, 2.05) is 18.0 Å². The number of nitrogens with zero attached hydrogens (tertiary/aromatic N) is 1. The molecule has 1 heterocycles. The maximum atomic E-state index is 4.50. The summed E-state index contributed by atoms with van der Waals surface area (Å²) >= 11 is 1.85. The maximum absolute atomic E-state index is 4.50. The second-order valence-corrected chi connectivity index (χ2v) is 6.50. The van der Waals surface area contributed by atoms with E-state index in [4.69, 9.17) is 0 Å². The summed E-state index contributed by atoms with van der Waals surface area (Å²) in [6.45, 7) is 12.0. The van der Waals surface area contributed by atoms with Gasteiger partial charge in [-0.3, -0.25) is 0 Å². The molecule has 0 radical (unpaired) electrons. The Bertz CT molecular complexity index is 319. The van der Waals surface area contributed by atoms with Crippen molar-refractivity contribution in [3.05, 3.63) is 23.9 Å². The first-order chi connectivity index (χ1) is 7.99.